The molecule has 0 aromatic carbocycles. The lowest BCUT2D eigenvalue weighted by molar-refractivity contribution is 0.0963. The van der Waals surface area contributed by atoms with Crippen molar-refractivity contribution >= 4 is 5.78 Å². The maximum atomic E-state index is 11.3. The van der Waals surface area contributed by atoms with Crippen molar-refractivity contribution in [1.29, 1.82) is 0 Å². The molecule has 0 saturated heterocycles. The Labute approximate surface area is 71.6 Å². The van der Waals surface area contributed by atoms with E-state index >= 15 is 0 Å². The molecule has 0 radical (unpaired) electrons. The third-order valence-corrected chi connectivity index (χ3v) is 1.55. The minimum Gasteiger partial charge on any atom is -0.321 e. The smallest absolute Gasteiger partial charge is 0.197 e. The van der Waals surface area contributed by atoms with Crippen LogP contribution in [0.2, 0.25) is 0 Å². The number of Topliss-reactive ketones (excluding diaryl/α,β-unsaturated/α-hetero) is 1. The number of hydrogen-bond acceptors (Lipinski definition) is 3. The Morgan fingerprint density at radius 1 is 1.58 bits per heavy atom. The molecule has 0 aliphatic carbocycles. The first-order valence-corrected chi connectivity index (χ1v) is 3.84. The van der Waals surface area contributed by atoms with Gasteiger partial charge in [0.1, 0.15) is 5.69 Å². The van der Waals surface area contributed by atoms with E-state index in [1.807, 2.05) is 13.0 Å². The van der Waals surface area contributed by atoms with Crippen LogP contribution in [-0.2, 0) is 0 Å². The SMILES string of the molecule is Cc1cccc(C(=O)C(C)N)n1. The fourth-order valence-electron chi connectivity index (χ4n) is 0.914. The number of carbonyl (C=O) groups is 1. The van der Waals surface area contributed by atoms with Crippen LogP contribution in [0.5, 0.6) is 0 Å². The van der Waals surface area contributed by atoms with Crippen molar-refractivity contribution in [1.82, 2.24) is 4.98 Å². The summed E-state index contributed by atoms with van der Waals surface area (Å²) >= 11 is 0. The highest BCUT2D eigenvalue weighted by Gasteiger charge is 2.11. The van der Waals surface area contributed by atoms with Crippen LogP contribution in [0.1, 0.15) is 23.1 Å². The van der Waals surface area contributed by atoms with Gasteiger partial charge in [-0.3, -0.25) is 4.79 Å². The number of nitrogens with zero attached hydrogens (tertiary/aromatic N) is 1. The highest BCUT2D eigenvalue weighted by Crippen LogP contribution is 2.00. The Morgan fingerprint density at radius 3 is 2.75 bits per heavy atom. The van der Waals surface area contributed by atoms with Gasteiger partial charge in [0.2, 0.25) is 0 Å². The Balaban J connectivity index is 2.96. The summed E-state index contributed by atoms with van der Waals surface area (Å²) in [6.07, 6.45) is 0. The zero-order chi connectivity index (χ0) is 9.14. The number of aryl methyl sites for hydroxylation is 1. The summed E-state index contributed by atoms with van der Waals surface area (Å²) in [5.74, 6) is -0.112. The minimum absolute atomic E-state index is 0.112. The van der Waals surface area contributed by atoms with Crippen LogP contribution in [0.4, 0.5) is 0 Å². The molecule has 0 saturated carbocycles. The third-order valence-electron chi connectivity index (χ3n) is 1.55. The molecule has 2 N–H and O–H groups in total. The van der Waals surface area contributed by atoms with Crippen molar-refractivity contribution in [2.24, 2.45) is 5.73 Å². The zero-order valence-corrected chi connectivity index (χ0v) is 7.24. The van der Waals surface area contributed by atoms with Crippen molar-refractivity contribution in [2.45, 2.75) is 19.9 Å². The maximum absolute atomic E-state index is 11.3. The standard InChI is InChI=1S/C9H12N2O/c1-6-4-3-5-8(11-6)9(12)7(2)10/h3-5,7H,10H2,1-2H3. The molecule has 0 aliphatic heterocycles. The normalized spacial score (nSPS) is 12.6. The highest BCUT2D eigenvalue weighted by molar-refractivity contribution is 5.97. The molecule has 1 heterocycles. The second-order valence-electron chi connectivity index (χ2n) is 2.82. The van der Waals surface area contributed by atoms with Crippen molar-refractivity contribution in [3.63, 3.8) is 0 Å². The summed E-state index contributed by atoms with van der Waals surface area (Å²) in [5.41, 5.74) is 6.71. The van der Waals surface area contributed by atoms with Gasteiger partial charge in [0, 0.05) is 5.69 Å². The van der Waals surface area contributed by atoms with E-state index in [1.165, 1.54) is 0 Å². The first-order chi connectivity index (χ1) is 5.61. The molecule has 1 aromatic heterocycles. The van der Waals surface area contributed by atoms with Gasteiger partial charge in [-0.15, -0.1) is 0 Å². The molecule has 1 aromatic rings. The lowest BCUT2D eigenvalue weighted by Crippen LogP contribution is -2.27. The summed E-state index contributed by atoms with van der Waals surface area (Å²) in [6.45, 7) is 3.50. The molecule has 0 amide bonds. The van der Waals surface area contributed by atoms with E-state index in [2.05, 4.69) is 4.98 Å². The summed E-state index contributed by atoms with van der Waals surface area (Å²) in [6, 6.07) is 4.86. The number of ketones is 1. The number of rotatable bonds is 2. The van der Waals surface area contributed by atoms with E-state index in [9.17, 15) is 4.79 Å². The van der Waals surface area contributed by atoms with Crippen LogP contribution < -0.4 is 5.73 Å². The summed E-state index contributed by atoms with van der Waals surface area (Å²) in [4.78, 5) is 15.4. The first-order valence-electron chi connectivity index (χ1n) is 3.84. The average Bonchev–Trinajstić information content (AvgIpc) is 2.03. The van der Waals surface area contributed by atoms with Gasteiger partial charge < -0.3 is 5.73 Å². The molecule has 3 nitrogen and oxygen atoms in total. The fourth-order valence-corrected chi connectivity index (χ4v) is 0.914. The Kier molecular flexibility index (Phi) is 2.55. The molecule has 64 valence electrons. The van der Waals surface area contributed by atoms with Gasteiger partial charge in [-0.05, 0) is 26.0 Å². The quantitative estimate of drug-likeness (QED) is 0.661. The monoisotopic (exact) mass is 164 g/mol. The van der Waals surface area contributed by atoms with Crippen LogP contribution >= 0.6 is 0 Å². The predicted octanol–water partition coefficient (Wildman–Crippen LogP) is 0.920. The van der Waals surface area contributed by atoms with Crippen LogP contribution in [0.15, 0.2) is 18.2 Å². The minimum atomic E-state index is -0.473. The summed E-state index contributed by atoms with van der Waals surface area (Å²) < 4.78 is 0. The van der Waals surface area contributed by atoms with Crippen molar-refractivity contribution in [3.05, 3.63) is 29.6 Å². The number of nitrogens with two attached hydrogens (primary N) is 1. The molecule has 0 aliphatic rings. The van der Waals surface area contributed by atoms with Gasteiger partial charge in [-0.25, -0.2) is 4.98 Å². The van der Waals surface area contributed by atoms with E-state index in [1.54, 1.807) is 19.1 Å². The van der Waals surface area contributed by atoms with Crippen molar-refractivity contribution < 1.29 is 4.79 Å². The van der Waals surface area contributed by atoms with Crippen molar-refractivity contribution in [3.8, 4) is 0 Å². The van der Waals surface area contributed by atoms with Gasteiger partial charge in [0.15, 0.2) is 5.78 Å². The number of pyridine rings is 1. The van der Waals surface area contributed by atoms with Crippen LogP contribution in [0, 0.1) is 6.92 Å². The average molecular weight is 164 g/mol. The molecule has 0 spiro atoms. The van der Waals surface area contributed by atoms with Crippen molar-refractivity contribution in [2.75, 3.05) is 0 Å². The topological polar surface area (TPSA) is 56.0 Å². The second-order valence-corrected chi connectivity index (χ2v) is 2.82. The Hall–Kier alpha value is -1.22. The summed E-state index contributed by atoms with van der Waals surface area (Å²) in [5, 5.41) is 0. The largest absolute Gasteiger partial charge is 0.321 e. The molecule has 1 atom stereocenters. The lowest BCUT2D eigenvalue weighted by atomic mass is 10.1. The Bertz CT molecular complexity index is 294. The fraction of sp³-hybridized carbons (Fsp3) is 0.333. The van der Waals surface area contributed by atoms with E-state index in [0.717, 1.165) is 5.69 Å². The molecule has 1 rings (SSSR count). The highest BCUT2D eigenvalue weighted by atomic mass is 16.1. The maximum Gasteiger partial charge on any atom is 0.197 e. The molecule has 0 bridgehead atoms. The first kappa shape index (κ1) is 8.87. The van der Waals surface area contributed by atoms with Gasteiger partial charge in [-0.1, -0.05) is 6.07 Å². The van der Waals surface area contributed by atoms with E-state index < -0.39 is 6.04 Å². The molecular weight excluding hydrogens is 152 g/mol. The van der Waals surface area contributed by atoms with E-state index in [-0.39, 0.29) is 5.78 Å². The van der Waals surface area contributed by atoms with Crippen LogP contribution in [0.25, 0.3) is 0 Å². The van der Waals surface area contributed by atoms with E-state index in [4.69, 9.17) is 5.73 Å². The number of hydrogen-bond donors (Lipinski definition) is 1. The Morgan fingerprint density at radius 2 is 2.25 bits per heavy atom. The van der Waals surface area contributed by atoms with Gasteiger partial charge in [0.25, 0.3) is 0 Å². The zero-order valence-electron chi connectivity index (χ0n) is 7.24. The predicted molar refractivity (Wildman–Crippen MR) is 47.0 cm³/mol. The van der Waals surface area contributed by atoms with Gasteiger partial charge >= 0.3 is 0 Å². The van der Waals surface area contributed by atoms with Gasteiger partial charge in [0.05, 0.1) is 6.04 Å². The molecule has 3 heteroatoms. The molecule has 0 fully saturated rings. The third kappa shape index (κ3) is 1.89. The molecule has 1 unspecified atom stereocenters. The molecule has 12 heavy (non-hydrogen) atoms. The van der Waals surface area contributed by atoms with Gasteiger partial charge in [-0.2, -0.15) is 0 Å². The second kappa shape index (κ2) is 3.45. The molecular formula is C9H12N2O. The van der Waals surface area contributed by atoms with E-state index in [0.29, 0.717) is 5.69 Å². The number of carbonyl (C=O) groups excluding carboxylic acids is 1. The summed E-state index contributed by atoms with van der Waals surface area (Å²) in [7, 11) is 0. The number of aromatic nitrogens is 1. The van der Waals surface area contributed by atoms with Crippen LogP contribution in [-0.4, -0.2) is 16.8 Å². The van der Waals surface area contributed by atoms with Crippen LogP contribution in [0.3, 0.4) is 0 Å². The lowest BCUT2D eigenvalue weighted by Gasteiger charge is -2.03.